The van der Waals surface area contributed by atoms with Gasteiger partial charge in [0.25, 0.3) is 0 Å². The summed E-state index contributed by atoms with van der Waals surface area (Å²) in [5.74, 6) is -5.22. The first-order valence-corrected chi connectivity index (χ1v) is 4.61. The van der Waals surface area contributed by atoms with Crippen molar-refractivity contribution >= 4 is 0 Å². The highest BCUT2D eigenvalue weighted by Crippen LogP contribution is 2.31. The number of phenolic OH excluding ortho intramolecular Hbond substituents is 1. The van der Waals surface area contributed by atoms with Gasteiger partial charge in [-0.1, -0.05) is 5.57 Å². The lowest BCUT2D eigenvalue weighted by molar-refractivity contribution is 0.400. The molecule has 2 nitrogen and oxygen atoms in total. The highest BCUT2D eigenvalue weighted by molar-refractivity contribution is 5.37. The number of halogens is 3. The third-order valence-corrected chi connectivity index (χ3v) is 2.12. The zero-order valence-corrected chi connectivity index (χ0v) is 8.73. The van der Waals surface area contributed by atoms with Crippen LogP contribution in [0, 0.1) is 17.5 Å². The Morgan fingerprint density at radius 1 is 1.44 bits per heavy atom. The summed E-state index contributed by atoms with van der Waals surface area (Å²) in [6, 6.07) is -0.445. The van der Waals surface area contributed by atoms with Gasteiger partial charge in [-0.3, -0.25) is 0 Å². The standard InChI is InChI=1S/C11H12F3NO/c1-5(2)3-7(15)9-8(16)4-6(12)10(13)11(9)14/h4,7,16H,1,3,15H2,2H3/t7-/m1/s1. The maximum absolute atomic E-state index is 13.3. The van der Waals surface area contributed by atoms with Crippen LogP contribution in [0.4, 0.5) is 13.2 Å². The molecule has 3 N–H and O–H groups in total. The van der Waals surface area contributed by atoms with E-state index in [1.807, 2.05) is 0 Å². The van der Waals surface area contributed by atoms with Crippen molar-refractivity contribution in [2.45, 2.75) is 19.4 Å². The first kappa shape index (κ1) is 12.6. The number of phenols is 1. The van der Waals surface area contributed by atoms with Gasteiger partial charge in [0.2, 0.25) is 0 Å². The van der Waals surface area contributed by atoms with Crippen LogP contribution in [-0.2, 0) is 0 Å². The second kappa shape index (κ2) is 4.57. The molecule has 0 heterocycles. The van der Waals surface area contributed by atoms with Crippen molar-refractivity contribution in [3.05, 3.63) is 41.2 Å². The maximum Gasteiger partial charge on any atom is 0.195 e. The van der Waals surface area contributed by atoms with E-state index in [0.717, 1.165) is 0 Å². The molecular formula is C11H12F3NO. The van der Waals surface area contributed by atoms with Crippen LogP contribution >= 0.6 is 0 Å². The summed E-state index contributed by atoms with van der Waals surface area (Å²) in [6.07, 6.45) is 0.176. The van der Waals surface area contributed by atoms with E-state index in [1.165, 1.54) is 0 Å². The van der Waals surface area contributed by atoms with Crippen molar-refractivity contribution in [1.82, 2.24) is 0 Å². The largest absolute Gasteiger partial charge is 0.507 e. The number of hydrogen-bond acceptors (Lipinski definition) is 2. The molecule has 0 aliphatic heterocycles. The van der Waals surface area contributed by atoms with Gasteiger partial charge in [-0.25, -0.2) is 13.2 Å². The summed E-state index contributed by atoms with van der Waals surface area (Å²) >= 11 is 0. The Balaban J connectivity index is 3.23. The lowest BCUT2D eigenvalue weighted by Crippen LogP contribution is -2.14. The van der Waals surface area contributed by atoms with E-state index < -0.39 is 34.8 Å². The molecule has 5 heteroatoms. The second-order valence-electron chi connectivity index (χ2n) is 3.69. The van der Waals surface area contributed by atoms with Crippen molar-refractivity contribution in [2.75, 3.05) is 0 Å². The van der Waals surface area contributed by atoms with E-state index in [9.17, 15) is 18.3 Å². The van der Waals surface area contributed by atoms with E-state index >= 15 is 0 Å². The smallest absolute Gasteiger partial charge is 0.195 e. The van der Waals surface area contributed by atoms with Gasteiger partial charge in [0.05, 0.1) is 0 Å². The highest BCUT2D eigenvalue weighted by Gasteiger charge is 2.22. The molecule has 0 saturated carbocycles. The average Bonchev–Trinajstić information content (AvgIpc) is 2.13. The maximum atomic E-state index is 13.3. The summed E-state index contributed by atoms with van der Waals surface area (Å²) in [7, 11) is 0. The number of rotatable bonds is 3. The summed E-state index contributed by atoms with van der Waals surface area (Å²) < 4.78 is 39.0. The van der Waals surface area contributed by atoms with Crippen LogP contribution in [-0.4, -0.2) is 5.11 Å². The molecule has 0 bridgehead atoms. The minimum absolute atomic E-state index is 0.176. The fourth-order valence-electron chi connectivity index (χ4n) is 1.43. The highest BCUT2D eigenvalue weighted by atomic mass is 19.2. The molecule has 1 rings (SSSR count). The molecule has 0 amide bonds. The van der Waals surface area contributed by atoms with E-state index in [4.69, 9.17) is 5.73 Å². The minimum atomic E-state index is -1.63. The third kappa shape index (κ3) is 2.36. The van der Waals surface area contributed by atoms with Crippen LogP contribution in [0.2, 0.25) is 0 Å². The Bertz CT molecular complexity index is 432. The average molecular weight is 231 g/mol. The summed E-state index contributed by atoms with van der Waals surface area (Å²) in [6.45, 7) is 5.23. The molecule has 0 aliphatic carbocycles. The summed E-state index contributed by atoms with van der Waals surface area (Å²) in [5.41, 5.74) is 5.79. The minimum Gasteiger partial charge on any atom is -0.507 e. The van der Waals surface area contributed by atoms with Gasteiger partial charge in [-0.05, 0) is 13.3 Å². The monoisotopic (exact) mass is 231 g/mol. The molecule has 88 valence electrons. The number of benzene rings is 1. The Morgan fingerprint density at radius 2 is 2.00 bits per heavy atom. The predicted octanol–water partition coefficient (Wildman–Crippen LogP) is 2.78. The number of aromatic hydroxyl groups is 1. The SMILES string of the molecule is C=C(C)C[C@@H](N)c1c(O)cc(F)c(F)c1F. The summed E-state index contributed by atoms with van der Waals surface area (Å²) in [5, 5.41) is 9.32. The van der Waals surface area contributed by atoms with Crippen LogP contribution < -0.4 is 5.73 Å². The Morgan fingerprint density at radius 3 is 2.50 bits per heavy atom. The third-order valence-electron chi connectivity index (χ3n) is 2.12. The predicted molar refractivity (Wildman–Crippen MR) is 54.3 cm³/mol. The van der Waals surface area contributed by atoms with Crippen LogP contribution in [0.25, 0.3) is 0 Å². The second-order valence-corrected chi connectivity index (χ2v) is 3.69. The molecule has 0 aromatic heterocycles. The van der Waals surface area contributed by atoms with Gasteiger partial charge in [0.15, 0.2) is 17.5 Å². The van der Waals surface area contributed by atoms with Gasteiger partial charge >= 0.3 is 0 Å². The van der Waals surface area contributed by atoms with Gasteiger partial charge in [-0.2, -0.15) is 0 Å². The molecule has 1 atom stereocenters. The Labute approximate surface area is 91.2 Å². The molecule has 0 fully saturated rings. The molecular weight excluding hydrogens is 219 g/mol. The lowest BCUT2D eigenvalue weighted by atomic mass is 9.99. The molecule has 0 spiro atoms. The van der Waals surface area contributed by atoms with Gasteiger partial charge in [-0.15, -0.1) is 6.58 Å². The van der Waals surface area contributed by atoms with Crippen molar-refractivity contribution in [2.24, 2.45) is 5.73 Å². The van der Waals surface area contributed by atoms with Crippen LogP contribution in [0.3, 0.4) is 0 Å². The zero-order valence-electron chi connectivity index (χ0n) is 8.73. The number of nitrogens with two attached hydrogens (primary N) is 1. The fraction of sp³-hybridized carbons (Fsp3) is 0.273. The topological polar surface area (TPSA) is 46.2 Å². The lowest BCUT2D eigenvalue weighted by Gasteiger charge is -2.15. The van der Waals surface area contributed by atoms with Gasteiger partial charge < -0.3 is 10.8 Å². The van der Waals surface area contributed by atoms with E-state index in [0.29, 0.717) is 11.6 Å². The summed E-state index contributed by atoms with van der Waals surface area (Å²) in [4.78, 5) is 0. The van der Waals surface area contributed by atoms with Crippen molar-refractivity contribution in [1.29, 1.82) is 0 Å². The fourth-order valence-corrected chi connectivity index (χ4v) is 1.43. The normalized spacial score (nSPS) is 12.6. The van der Waals surface area contributed by atoms with Crippen molar-refractivity contribution in [3.63, 3.8) is 0 Å². The Kier molecular flexibility index (Phi) is 3.59. The molecule has 0 radical (unpaired) electrons. The van der Waals surface area contributed by atoms with Gasteiger partial charge in [0, 0.05) is 17.7 Å². The van der Waals surface area contributed by atoms with Crippen LogP contribution in [0.1, 0.15) is 24.9 Å². The van der Waals surface area contributed by atoms with E-state index in [-0.39, 0.29) is 6.42 Å². The number of hydrogen-bond donors (Lipinski definition) is 2. The van der Waals surface area contributed by atoms with Crippen LogP contribution in [0.5, 0.6) is 5.75 Å². The van der Waals surface area contributed by atoms with Crippen LogP contribution in [0.15, 0.2) is 18.2 Å². The molecule has 0 unspecified atom stereocenters. The molecule has 0 saturated heterocycles. The first-order valence-electron chi connectivity index (χ1n) is 4.61. The van der Waals surface area contributed by atoms with Gasteiger partial charge in [0.1, 0.15) is 5.75 Å². The molecule has 1 aromatic carbocycles. The zero-order chi connectivity index (χ0) is 12.5. The van der Waals surface area contributed by atoms with Crippen molar-refractivity contribution in [3.8, 4) is 5.75 Å². The molecule has 16 heavy (non-hydrogen) atoms. The first-order chi connectivity index (χ1) is 7.34. The molecule has 0 aliphatic rings. The van der Waals surface area contributed by atoms with E-state index in [2.05, 4.69) is 6.58 Å². The molecule has 1 aromatic rings. The van der Waals surface area contributed by atoms with E-state index in [1.54, 1.807) is 6.92 Å². The Hall–Kier alpha value is -1.49. The quantitative estimate of drug-likeness (QED) is 0.620. The van der Waals surface area contributed by atoms with Crippen molar-refractivity contribution < 1.29 is 18.3 Å².